The summed E-state index contributed by atoms with van der Waals surface area (Å²) in [6.07, 6.45) is -11.0. The molecule has 1 saturated carbocycles. The van der Waals surface area contributed by atoms with Crippen molar-refractivity contribution < 1.29 is 77.3 Å². The molecule has 21 heteroatoms. The Morgan fingerprint density at radius 3 is 1.84 bits per heavy atom. The maximum Gasteiger partial charge on any atom is 0.416 e. The lowest BCUT2D eigenvalue weighted by Gasteiger charge is -2.50. The van der Waals surface area contributed by atoms with Gasteiger partial charge in [0.2, 0.25) is 17.6 Å². The van der Waals surface area contributed by atoms with E-state index in [0.717, 1.165) is 25.3 Å². The maximum absolute atomic E-state index is 15.2. The number of hydrogen-bond acceptors (Lipinski definition) is 6. The van der Waals surface area contributed by atoms with Gasteiger partial charge >= 0.3 is 12.4 Å². The molecule has 3 fully saturated rings. The minimum atomic E-state index is -5.38. The number of carbonyl (C=O) groups excluding carboxylic acids is 4. The number of rotatable bonds is 4. The Kier molecular flexibility index (Phi) is 8.81. The molecule has 2 aliphatic carbocycles. The molecule has 0 bridgehead atoms. The Morgan fingerprint density at radius 2 is 1.30 bits per heavy atom. The Balaban J connectivity index is 1.42. The van der Waals surface area contributed by atoms with Gasteiger partial charge in [0.15, 0.2) is 44.5 Å². The fourth-order valence-electron chi connectivity index (χ4n) is 8.14. The first-order valence-corrected chi connectivity index (χ1v) is 16.7. The van der Waals surface area contributed by atoms with Gasteiger partial charge < -0.3 is 9.84 Å². The third-order valence-electron chi connectivity index (χ3n) is 10.6. The molecular weight excluding hydrogens is 824 g/mol. The highest BCUT2D eigenvalue weighted by molar-refractivity contribution is 6.58. The van der Waals surface area contributed by atoms with Crippen LogP contribution >= 0.6 is 23.2 Å². The van der Waals surface area contributed by atoms with E-state index in [-0.39, 0.29) is 40.0 Å². The van der Waals surface area contributed by atoms with Crippen LogP contribution in [-0.4, -0.2) is 45.6 Å². The van der Waals surface area contributed by atoms with Crippen molar-refractivity contribution in [2.45, 2.75) is 40.9 Å². The number of phenols is 1. The number of carbonyl (C=O) groups is 4. The Morgan fingerprint density at radius 1 is 0.750 bits per heavy atom. The molecule has 2 aliphatic heterocycles. The average Bonchev–Trinajstić information content (AvgIpc) is 3.47. The number of allylic oxidation sites excluding steroid dienone is 2. The van der Waals surface area contributed by atoms with E-state index in [1.807, 2.05) is 0 Å². The molecule has 0 aromatic heterocycles. The van der Waals surface area contributed by atoms with Crippen LogP contribution in [0.2, 0.25) is 0 Å². The molecule has 3 aromatic carbocycles. The molecule has 7 rings (SSSR count). The Bertz CT molecular complexity index is 2270. The number of phenolic OH excluding ortho intramolecular Hbond substituents is 1. The quantitative estimate of drug-likeness (QED) is 0.0716. The van der Waals surface area contributed by atoms with Crippen molar-refractivity contribution in [3.63, 3.8) is 0 Å². The highest BCUT2D eigenvalue weighted by Crippen LogP contribution is 2.66. The average molecular weight is 843 g/mol. The van der Waals surface area contributed by atoms with E-state index in [2.05, 4.69) is 0 Å². The molecule has 0 radical (unpaired) electrons. The number of aromatic hydroxyl groups is 1. The van der Waals surface area contributed by atoms with E-state index in [4.69, 9.17) is 27.9 Å². The van der Waals surface area contributed by atoms with E-state index < -0.39 is 144 Å². The number of amides is 4. The summed E-state index contributed by atoms with van der Waals surface area (Å²) >= 11 is 14.0. The molecule has 2 saturated heterocycles. The minimum Gasteiger partial charge on any atom is -0.504 e. The molecule has 6 atom stereocenters. The number of methoxy groups -OCH3 is 1. The highest BCUT2D eigenvalue weighted by atomic mass is 35.5. The Labute approximate surface area is 316 Å². The second-order valence-corrected chi connectivity index (χ2v) is 14.6. The van der Waals surface area contributed by atoms with Gasteiger partial charge in [-0.15, -0.1) is 23.2 Å². The number of benzene rings is 3. The summed E-state index contributed by atoms with van der Waals surface area (Å²) in [5, 5.41) is 10.3. The van der Waals surface area contributed by atoms with Gasteiger partial charge in [0.1, 0.15) is 5.69 Å². The molecule has 296 valence electrons. The third-order valence-corrected chi connectivity index (χ3v) is 12.0. The first-order valence-electron chi connectivity index (χ1n) is 15.9. The summed E-state index contributed by atoms with van der Waals surface area (Å²) in [4.78, 5) is 50.4. The van der Waals surface area contributed by atoms with Crippen LogP contribution in [0.4, 0.5) is 59.7 Å². The molecule has 4 aliphatic rings. The number of anilines is 2. The van der Waals surface area contributed by atoms with E-state index in [1.165, 1.54) is 6.08 Å². The summed E-state index contributed by atoms with van der Waals surface area (Å²) in [5.41, 5.74) is -7.11. The minimum absolute atomic E-state index is 0.0892. The van der Waals surface area contributed by atoms with Crippen LogP contribution in [0.15, 0.2) is 48.0 Å². The zero-order valence-electron chi connectivity index (χ0n) is 27.6. The number of imide groups is 2. The largest absolute Gasteiger partial charge is 0.504 e. The molecule has 8 nitrogen and oxygen atoms in total. The topological polar surface area (TPSA) is 104 Å². The molecule has 3 aromatic rings. The van der Waals surface area contributed by atoms with Crippen molar-refractivity contribution in [2.24, 2.45) is 17.8 Å². The van der Waals surface area contributed by atoms with Gasteiger partial charge in [-0.25, -0.2) is 31.8 Å². The second-order valence-electron chi connectivity index (χ2n) is 13.4. The van der Waals surface area contributed by atoms with Crippen LogP contribution in [0.3, 0.4) is 0 Å². The van der Waals surface area contributed by atoms with Crippen molar-refractivity contribution >= 4 is 58.2 Å². The smallest absolute Gasteiger partial charge is 0.416 e. The zero-order chi connectivity index (χ0) is 41.4. The molecule has 2 heterocycles. The predicted octanol–water partition coefficient (Wildman–Crippen LogP) is 7.90. The van der Waals surface area contributed by atoms with Gasteiger partial charge in [-0.05, 0) is 54.7 Å². The van der Waals surface area contributed by atoms with Crippen LogP contribution in [-0.2, 0) is 31.5 Å². The van der Waals surface area contributed by atoms with E-state index in [9.17, 15) is 63.8 Å². The van der Waals surface area contributed by atoms with Crippen molar-refractivity contribution in [1.82, 2.24) is 0 Å². The predicted molar refractivity (Wildman–Crippen MR) is 170 cm³/mol. The van der Waals surface area contributed by atoms with Crippen LogP contribution < -0.4 is 14.5 Å². The molecule has 0 spiro atoms. The molecule has 4 amide bonds. The van der Waals surface area contributed by atoms with Crippen LogP contribution in [0.1, 0.15) is 35.4 Å². The fourth-order valence-corrected chi connectivity index (χ4v) is 9.07. The molecule has 56 heavy (non-hydrogen) atoms. The summed E-state index contributed by atoms with van der Waals surface area (Å²) in [6.45, 7) is 0. The maximum atomic E-state index is 15.2. The van der Waals surface area contributed by atoms with Gasteiger partial charge in [0.05, 0.1) is 35.8 Å². The number of hydrogen-bond donors (Lipinski definition) is 1. The number of alkyl halides is 8. The monoisotopic (exact) mass is 842 g/mol. The summed E-state index contributed by atoms with van der Waals surface area (Å²) < 4.78 is 161. The lowest BCUT2D eigenvalue weighted by molar-refractivity contribution is -0.143. The van der Waals surface area contributed by atoms with Gasteiger partial charge in [-0.2, -0.15) is 26.3 Å². The fraction of sp³-hybridized carbons (Fsp3) is 0.314. The van der Waals surface area contributed by atoms with Crippen molar-refractivity contribution in [2.75, 3.05) is 16.9 Å². The van der Waals surface area contributed by atoms with E-state index in [0.29, 0.717) is 0 Å². The Hall–Kier alpha value is -4.91. The van der Waals surface area contributed by atoms with Crippen molar-refractivity contribution in [1.29, 1.82) is 0 Å². The number of ether oxygens (including phenoxy) is 1. The first-order chi connectivity index (χ1) is 25.9. The van der Waals surface area contributed by atoms with Crippen LogP contribution in [0, 0.1) is 46.8 Å². The summed E-state index contributed by atoms with van der Waals surface area (Å²) in [5.74, 6) is -26.7. The standard InChI is InChI=1S/C35H19Cl2F11N2O6/c1-56-19-6-11(2-5-18(19)51)21-15-3-4-16-20(29(53)49(28(16)52)14-8-12(34(43,44)45)7-13(9-14)35(46,47)48)17(15)10-32(36)30(54)50(31(55)33(21,32)37)27-25(41)23(39)22(38)24(40)26(27)42/h2-3,5-9,16-17,20-21,51H,4,10H2,1H3/t16-,17+,20-,21-,32+,33-/m0/s1. The lowest BCUT2D eigenvalue weighted by atomic mass is 9.56. The van der Waals surface area contributed by atoms with Crippen molar-refractivity contribution in [3.8, 4) is 11.5 Å². The summed E-state index contributed by atoms with van der Waals surface area (Å²) in [7, 11) is 1.10. The van der Waals surface area contributed by atoms with E-state index >= 15 is 8.78 Å². The summed E-state index contributed by atoms with van der Waals surface area (Å²) in [6, 6.07) is 3.28. The number of fused-ring (bicyclic) bond motifs is 4. The van der Waals surface area contributed by atoms with Gasteiger partial charge in [-0.1, -0.05) is 17.7 Å². The van der Waals surface area contributed by atoms with E-state index in [1.54, 1.807) is 0 Å². The molecule has 0 unspecified atom stereocenters. The van der Waals surface area contributed by atoms with Crippen LogP contribution in [0.25, 0.3) is 0 Å². The molecule has 1 N–H and O–H groups in total. The second kappa shape index (κ2) is 12.5. The number of halogens is 13. The third kappa shape index (κ3) is 5.25. The van der Waals surface area contributed by atoms with Crippen LogP contribution in [0.5, 0.6) is 11.5 Å². The highest BCUT2D eigenvalue weighted by Gasteiger charge is 2.77. The number of nitrogens with zero attached hydrogens (tertiary/aromatic N) is 2. The van der Waals surface area contributed by atoms with Gasteiger partial charge in [0.25, 0.3) is 11.8 Å². The molecular formula is C35H19Cl2F11N2O6. The first kappa shape index (κ1) is 39.3. The van der Waals surface area contributed by atoms with Gasteiger partial charge in [0, 0.05) is 5.92 Å². The SMILES string of the molecule is COc1cc([C@H]2C3=CC[C@@H]4C(=O)N(c5cc(C(F)(F)F)cc(C(F)(F)F)c5)C(=O)[C@@H]4[C@@H]3C[C@@]3(Cl)C(=O)N(c4c(F)c(F)c(F)c(F)c4F)C(=O)[C@@]23Cl)ccc1O. The van der Waals surface area contributed by atoms with Crippen molar-refractivity contribution in [3.05, 3.63) is 93.8 Å². The lowest BCUT2D eigenvalue weighted by Crippen LogP contribution is -2.60. The normalized spacial score (nSPS) is 27.7. The zero-order valence-corrected chi connectivity index (χ0v) is 29.1. The van der Waals surface area contributed by atoms with Gasteiger partial charge in [-0.3, -0.25) is 19.2 Å².